The minimum atomic E-state index is -0.00493. The van der Waals surface area contributed by atoms with Gasteiger partial charge in [0.25, 0.3) is 5.56 Å². The lowest BCUT2D eigenvalue weighted by Gasteiger charge is -2.01. The summed E-state index contributed by atoms with van der Waals surface area (Å²) >= 11 is 1.68. The third-order valence-corrected chi connectivity index (χ3v) is 5.63. The Labute approximate surface area is 138 Å². The second-order valence-electron chi connectivity index (χ2n) is 6.18. The molecule has 0 spiro atoms. The molecule has 0 amide bonds. The predicted molar refractivity (Wildman–Crippen MR) is 97.1 cm³/mol. The van der Waals surface area contributed by atoms with Gasteiger partial charge in [0.15, 0.2) is 0 Å². The van der Waals surface area contributed by atoms with Crippen LogP contribution in [-0.2, 0) is 12.8 Å². The number of H-pyrrole nitrogens is 1. The lowest BCUT2D eigenvalue weighted by molar-refractivity contribution is 0.916. The van der Waals surface area contributed by atoms with E-state index in [-0.39, 0.29) is 5.56 Å². The Morgan fingerprint density at radius 3 is 2.91 bits per heavy atom. The van der Waals surface area contributed by atoms with Crippen molar-refractivity contribution in [3.05, 3.63) is 61.5 Å². The van der Waals surface area contributed by atoms with Gasteiger partial charge in [-0.25, -0.2) is 4.98 Å². The normalized spacial score (nSPS) is 14.0. The van der Waals surface area contributed by atoms with E-state index in [1.807, 2.05) is 12.2 Å². The van der Waals surface area contributed by atoms with Gasteiger partial charge in [-0.05, 0) is 55.9 Å². The first-order valence-corrected chi connectivity index (χ1v) is 8.73. The van der Waals surface area contributed by atoms with Crippen molar-refractivity contribution in [2.24, 2.45) is 0 Å². The number of aromatic nitrogens is 2. The number of aryl methyl sites for hydroxylation is 4. The standard InChI is InChI=1S/C19H18N2OS/c1-11-6-7-13(12(2)10-11)8-9-16-20-18(22)17-14-4-3-5-15(14)23-19(17)21-16/h6-10H,3-5H2,1-2H3,(H,20,21,22)/b9-8+. The maximum atomic E-state index is 12.4. The Bertz CT molecular complexity index is 995. The fraction of sp³-hybridized carbons (Fsp3) is 0.263. The van der Waals surface area contributed by atoms with Crippen LogP contribution in [0.1, 0.15) is 39.4 Å². The topological polar surface area (TPSA) is 45.8 Å². The minimum Gasteiger partial charge on any atom is -0.306 e. The third-order valence-electron chi connectivity index (χ3n) is 4.44. The molecule has 0 bridgehead atoms. The first-order chi connectivity index (χ1) is 11.1. The molecule has 3 nitrogen and oxygen atoms in total. The van der Waals surface area contributed by atoms with E-state index in [4.69, 9.17) is 0 Å². The smallest absolute Gasteiger partial charge is 0.260 e. The highest BCUT2D eigenvalue weighted by Crippen LogP contribution is 2.34. The van der Waals surface area contributed by atoms with Crippen LogP contribution < -0.4 is 5.56 Å². The van der Waals surface area contributed by atoms with Crippen molar-refractivity contribution in [3.8, 4) is 0 Å². The molecule has 0 aliphatic heterocycles. The molecule has 0 atom stereocenters. The van der Waals surface area contributed by atoms with Crippen molar-refractivity contribution < 1.29 is 0 Å². The molecular formula is C19H18N2OS. The summed E-state index contributed by atoms with van der Waals surface area (Å²) in [5.74, 6) is 0.627. The first kappa shape index (κ1) is 14.4. The molecule has 1 aliphatic rings. The van der Waals surface area contributed by atoms with E-state index in [9.17, 15) is 4.79 Å². The Morgan fingerprint density at radius 2 is 2.09 bits per heavy atom. The first-order valence-electron chi connectivity index (χ1n) is 7.92. The summed E-state index contributed by atoms with van der Waals surface area (Å²) in [7, 11) is 0. The summed E-state index contributed by atoms with van der Waals surface area (Å²) in [6.07, 6.45) is 7.16. The van der Waals surface area contributed by atoms with Crippen molar-refractivity contribution in [2.45, 2.75) is 33.1 Å². The summed E-state index contributed by atoms with van der Waals surface area (Å²) in [5, 5.41) is 0.811. The highest BCUT2D eigenvalue weighted by atomic mass is 32.1. The maximum absolute atomic E-state index is 12.4. The lowest BCUT2D eigenvalue weighted by Crippen LogP contribution is -2.09. The molecule has 1 aliphatic carbocycles. The second kappa shape index (κ2) is 5.46. The van der Waals surface area contributed by atoms with Gasteiger partial charge >= 0.3 is 0 Å². The summed E-state index contributed by atoms with van der Waals surface area (Å²) < 4.78 is 0. The van der Waals surface area contributed by atoms with Crippen LogP contribution in [0.5, 0.6) is 0 Å². The van der Waals surface area contributed by atoms with Gasteiger partial charge in [-0.3, -0.25) is 4.79 Å². The molecule has 0 unspecified atom stereocenters. The molecule has 0 radical (unpaired) electrons. The van der Waals surface area contributed by atoms with Crippen molar-refractivity contribution in [2.75, 3.05) is 0 Å². The van der Waals surface area contributed by atoms with E-state index in [0.29, 0.717) is 5.82 Å². The summed E-state index contributed by atoms with van der Waals surface area (Å²) in [6.45, 7) is 4.18. The van der Waals surface area contributed by atoms with Crippen LogP contribution >= 0.6 is 11.3 Å². The number of fused-ring (bicyclic) bond motifs is 3. The molecule has 4 heteroatoms. The van der Waals surface area contributed by atoms with Gasteiger partial charge in [0, 0.05) is 4.88 Å². The number of benzene rings is 1. The number of hydrogen-bond donors (Lipinski definition) is 1. The SMILES string of the molecule is Cc1ccc(/C=C/c2nc3sc4c(c3c(=O)[nH]2)CCC4)c(C)c1. The van der Waals surface area contributed by atoms with Gasteiger partial charge in [-0.1, -0.05) is 29.8 Å². The zero-order chi connectivity index (χ0) is 16.0. The summed E-state index contributed by atoms with van der Waals surface area (Å²) in [6, 6.07) is 6.34. The fourth-order valence-corrected chi connectivity index (χ4v) is 4.55. The second-order valence-corrected chi connectivity index (χ2v) is 7.27. The van der Waals surface area contributed by atoms with Crippen molar-refractivity contribution in [1.82, 2.24) is 9.97 Å². The van der Waals surface area contributed by atoms with Crippen LogP contribution in [0, 0.1) is 13.8 Å². The fourth-order valence-electron chi connectivity index (χ4n) is 3.28. The molecule has 23 heavy (non-hydrogen) atoms. The lowest BCUT2D eigenvalue weighted by atomic mass is 10.1. The van der Waals surface area contributed by atoms with Crippen LogP contribution in [0.15, 0.2) is 23.0 Å². The van der Waals surface area contributed by atoms with Gasteiger partial charge in [0.1, 0.15) is 10.7 Å². The minimum absolute atomic E-state index is 0.00493. The number of aromatic amines is 1. The van der Waals surface area contributed by atoms with Gasteiger partial charge < -0.3 is 4.98 Å². The quantitative estimate of drug-likeness (QED) is 0.766. The van der Waals surface area contributed by atoms with Crippen molar-refractivity contribution >= 4 is 33.7 Å². The van der Waals surface area contributed by atoms with Gasteiger partial charge in [-0.15, -0.1) is 11.3 Å². The zero-order valence-electron chi connectivity index (χ0n) is 13.3. The zero-order valence-corrected chi connectivity index (χ0v) is 14.1. The van der Waals surface area contributed by atoms with Gasteiger partial charge in [0.2, 0.25) is 0 Å². The van der Waals surface area contributed by atoms with E-state index in [1.165, 1.54) is 21.6 Å². The largest absolute Gasteiger partial charge is 0.306 e. The molecule has 1 aromatic carbocycles. The molecule has 0 fully saturated rings. The number of hydrogen-bond acceptors (Lipinski definition) is 3. The van der Waals surface area contributed by atoms with E-state index in [1.54, 1.807) is 11.3 Å². The number of rotatable bonds is 2. The van der Waals surface area contributed by atoms with Crippen molar-refractivity contribution in [3.63, 3.8) is 0 Å². The van der Waals surface area contributed by atoms with E-state index >= 15 is 0 Å². The van der Waals surface area contributed by atoms with E-state index < -0.39 is 0 Å². The molecular weight excluding hydrogens is 304 g/mol. The summed E-state index contributed by atoms with van der Waals surface area (Å²) in [4.78, 5) is 22.2. The van der Waals surface area contributed by atoms with Crippen LogP contribution in [-0.4, -0.2) is 9.97 Å². The van der Waals surface area contributed by atoms with Gasteiger partial charge in [-0.2, -0.15) is 0 Å². The Balaban J connectivity index is 1.75. The van der Waals surface area contributed by atoms with Gasteiger partial charge in [0.05, 0.1) is 5.39 Å². The number of thiophene rings is 1. The van der Waals surface area contributed by atoms with E-state index in [0.717, 1.165) is 35.0 Å². The molecule has 4 rings (SSSR count). The monoisotopic (exact) mass is 322 g/mol. The summed E-state index contributed by atoms with van der Waals surface area (Å²) in [5.41, 5.74) is 4.84. The maximum Gasteiger partial charge on any atom is 0.260 e. The molecule has 0 saturated heterocycles. The van der Waals surface area contributed by atoms with Crippen LogP contribution in [0.2, 0.25) is 0 Å². The molecule has 0 saturated carbocycles. The number of nitrogens with one attached hydrogen (secondary N) is 1. The molecule has 116 valence electrons. The highest BCUT2D eigenvalue weighted by Gasteiger charge is 2.20. The molecule has 2 heterocycles. The third kappa shape index (κ3) is 2.53. The van der Waals surface area contributed by atoms with Crippen molar-refractivity contribution in [1.29, 1.82) is 0 Å². The average Bonchev–Trinajstić information content (AvgIpc) is 3.06. The Hall–Kier alpha value is -2.20. The Kier molecular flexibility index (Phi) is 3.42. The van der Waals surface area contributed by atoms with E-state index in [2.05, 4.69) is 42.0 Å². The predicted octanol–water partition coefficient (Wildman–Crippen LogP) is 4.26. The molecule has 1 N–H and O–H groups in total. The highest BCUT2D eigenvalue weighted by molar-refractivity contribution is 7.18. The van der Waals surface area contributed by atoms with Crippen LogP contribution in [0.25, 0.3) is 22.4 Å². The number of nitrogens with zero attached hydrogens (tertiary/aromatic N) is 1. The Morgan fingerprint density at radius 1 is 1.22 bits per heavy atom. The van der Waals surface area contributed by atoms with Crippen LogP contribution in [0.4, 0.5) is 0 Å². The average molecular weight is 322 g/mol. The molecule has 3 aromatic rings. The van der Waals surface area contributed by atoms with Crippen LogP contribution in [0.3, 0.4) is 0 Å². The molecule has 2 aromatic heterocycles.